The zero-order valence-corrected chi connectivity index (χ0v) is 14.9. The minimum atomic E-state index is 0.227. The number of aliphatic hydroxyl groups excluding tert-OH is 2. The largest absolute Gasteiger partial charge is 0.395 e. The SMILES string of the molecule is OCCN1C=CN(CCCCCCCCN2C=CN(CCO)C2)C1. The van der Waals surface area contributed by atoms with E-state index in [4.69, 9.17) is 10.2 Å². The molecule has 0 saturated heterocycles. The molecule has 2 N–H and O–H groups in total. The summed E-state index contributed by atoms with van der Waals surface area (Å²) in [5.74, 6) is 0. The maximum atomic E-state index is 8.92. The van der Waals surface area contributed by atoms with E-state index in [0.29, 0.717) is 0 Å². The van der Waals surface area contributed by atoms with Gasteiger partial charge in [0.05, 0.1) is 26.6 Å². The molecule has 0 aromatic heterocycles. The molecule has 0 aliphatic carbocycles. The van der Waals surface area contributed by atoms with Gasteiger partial charge in [0.25, 0.3) is 0 Å². The molecule has 0 radical (unpaired) electrons. The highest BCUT2D eigenvalue weighted by atomic mass is 16.3. The molecule has 6 nitrogen and oxygen atoms in total. The second-order valence-electron chi connectivity index (χ2n) is 6.70. The lowest BCUT2D eigenvalue weighted by Crippen LogP contribution is -2.28. The van der Waals surface area contributed by atoms with Gasteiger partial charge in [-0.2, -0.15) is 0 Å². The zero-order chi connectivity index (χ0) is 17.0. The van der Waals surface area contributed by atoms with Crippen LogP contribution in [-0.2, 0) is 0 Å². The summed E-state index contributed by atoms with van der Waals surface area (Å²) < 4.78 is 0. The van der Waals surface area contributed by atoms with Crippen LogP contribution in [0.3, 0.4) is 0 Å². The highest BCUT2D eigenvalue weighted by Gasteiger charge is 2.11. The van der Waals surface area contributed by atoms with Crippen LogP contribution in [-0.4, -0.2) is 82.5 Å². The topological polar surface area (TPSA) is 53.4 Å². The second-order valence-corrected chi connectivity index (χ2v) is 6.70. The molecule has 2 heterocycles. The van der Waals surface area contributed by atoms with E-state index < -0.39 is 0 Å². The van der Waals surface area contributed by atoms with Crippen LogP contribution in [0.5, 0.6) is 0 Å². The lowest BCUT2D eigenvalue weighted by Gasteiger charge is -2.20. The average Bonchev–Trinajstić information content (AvgIpc) is 3.20. The van der Waals surface area contributed by atoms with Gasteiger partial charge in [0, 0.05) is 51.0 Å². The summed E-state index contributed by atoms with van der Waals surface area (Å²) in [5, 5.41) is 17.8. The van der Waals surface area contributed by atoms with Gasteiger partial charge in [0.1, 0.15) is 0 Å². The molecule has 0 aromatic rings. The molecule has 0 amide bonds. The summed E-state index contributed by atoms with van der Waals surface area (Å²) in [5.41, 5.74) is 0. The van der Waals surface area contributed by atoms with Crippen molar-refractivity contribution in [3.63, 3.8) is 0 Å². The number of β-amino-alcohol motifs (C(OH)–C–C–N with tert-alkyl or cyclic N) is 2. The molecule has 0 aromatic carbocycles. The predicted octanol–water partition coefficient (Wildman–Crippen LogP) is 1.40. The van der Waals surface area contributed by atoms with Gasteiger partial charge in [0.15, 0.2) is 0 Å². The molecule has 0 bridgehead atoms. The van der Waals surface area contributed by atoms with Crippen molar-refractivity contribution < 1.29 is 10.2 Å². The summed E-state index contributed by atoms with van der Waals surface area (Å²) in [6.45, 7) is 6.02. The van der Waals surface area contributed by atoms with Crippen LogP contribution in [0.25, 0.3) is 0 Å². The Bertz CT molecular complexity index is 353. The first-order chi connectivity index (χ1) is 11.8. The summed E-state index contributed by atoms with van der Waals surface area (Å²) in [4.78, 5) is 8.95. The van der Waals surface area contributed by atoms with Crippen LogP contribution in [0.15, 0.2) is 24.8 Å². The fourth-order valence-electron chi connectivity index (χ4n) is 3.21. The van der Waals surface area contributed by atoms with Crippen molar-refractivity contribution in [2.45, 2.75) is 38.5 Å². The third kappa shape index (κ3) is 7.01. The molecule has 0 atom stereocenters. The fraction of sp³-hybridized carbons (Fsp3) is 0.778. The minimum Gasteiger partial charge on any atom is -0.395 e. The lowest BCUT2D eigenvalue weighted by atomic mass is 10.1. The first-order valence-electron chi connectivity index (χ1n) is 9.36. The predicted molar refractivity (Wildman–Crippen MR) is 96.7 cm³/mol. The number of rotatable bonds is 13. The van der Waals surface area contributed by atoms with Crippen LogP contribution in [0.4, 0.5) is 0 Å². The Balaban J connectivity index is 1.36. The molecule has 2 aliphatic rings. The van der Waals surface area contributed by atoms with Gasteiger partial charge in [-0.15, -0.1) is 0 Å². The van der Waals surface area contributed by atoms with E-state index >= 15 is 0 Å². The summed E-state index contributed by atoms with van der Waals surface area (Å²) in [6, 6.07) is 0. The Morgan fingerprint density at radius 3 is 1.21 bits per heavy atom. The third-order valence-electron chi connectivity index (χ3n) is 4.62. The number of aliphatic hydroxyl groups is 2. The van der Waals surface area contributed by atoms with Crippen molar-refractivity contribution >= 4 is 0 Å². The Morgan fingerprint density at radius 2 is 0.833 bits per heavy atom. The summed E-state index contributed by atoms with van der Waals surface area (Å²) in [6.07, 6.45) is 16.2. The lowest BCUT2D eigenvalue weighted by molar-refractivity contribution is 0.203. The van der Waals surface area contributed by atoms with Crippen LogP contribution in [0.1, 0.15) is 38.5 Å². The standard InChI is InChI=1S/C18H34N4O2/c23-15-13-21-11-9-19(17-21)7-5-3-1-2-4-6-8-20-10-12-22(18-20)14-16-24/h9-12,23-24H,1-8,13-18H2. The van der Waals surface area contributed by atoms with Gasteiger partial charge in [-0.1, -0.05) is 25.7 Å². The molecule has 0 spiro atoms. The smallest absolute Gasteiger partial charge is 0.0894 e. The Labute approximate surface area is 146 Å². The first-order valence-corrected chi connectivity index (χ1v) is 9.36. The molecular formula is C18H34N4O2. The number of hydrogen-bond donors (Lipinski definition) is 2. The van der Waals surface area contributed by atoms with E-state index in [0.717, 1.165) is 39.5 Å². The number of nitrogens with zero attached hydrogens (tertiary/aromatic N) is 4. The maximum Gasteiger partial charge on any atom is 0.0894 e. The number of hydrogen-bond acceptors (Lipinski definition) is 6. The molecule has 2 aliphatic heterocycles. The molecule has 24 heavy (non-hydrogen) atoms. The quantitative estimate of drug-likeness (QED) is 0.495. The highest BCUT2D eigenvalue weighted by molar-refractivity contribution is 4.90. The maximum absolute atomic E-state index is 8.92. The van der Waals surface area contributed by atoms with Gasteiger partial charge >= 0.3 is 0 Å². The van der Waals surface area contributed by atoms with E-state index in [-0.39, 0.29) is 13.2 Å². The van der Waals surface area contributed by atoms with Crippen molar-refractivity contribution in [3.05, 3.63) is 24.8 Å². The first kappa shape index (κ1) is 18.9. The van der Waals surface area contributed by atoms with E-state index in [2.05, 4.69) is 44.4 Å². The van der Waals surface area contributed by atoms with Crippen molar-refractivity contribution in [2.24, 2.45) is 0 Å². The van der Waals surface area contributed by atoms with Gasteiger partial charge < -0.3 is 29.8 Å². The summed E-state index contributed by atoms with van der Waals surface area (Å²) in [7, 11) is 0. The van der Waals surface area contributed by atoms with Crippen molar-refractivity contribution in [3.8, 4) is 0 Å². The van der Waals surface area contributed by atoms with Gasteiger partial charge in [0.2, 0.25) is 0 Å². The molecule has 2 rings (SSSR count). The Kier molecular flexibility index (Phi) is 8.84. The fourth-order valence-corrected chi connectivity index (χ4v) is 3.21. The molecule has 0 unspecified atom stereocenters. The average molecular weight is 338 g/mol. The zero-order valence-electron chi connectivity index (χ0n) is 14.9. The molecule has 6 heteroatoms. The van der Waals surface area contributed by atoms with Crippen molar-refractivity contribution in [2.75, 3.05) is 52.7 Å². The Hall–Kier alpha value is -1.40. The number of unbranched alkanes of at least 4 members (excludes halogenated alkanes) is 5. The van der Waals surface area contributed by atoms with E-state index in [9.17, 15) is 0 Å². The van der Waals surface area contributed by atoms with Gasteiger partial charge in [-0.25, -0.2) is 0 Å². The van der Waals surface area contributed by atoms with Gasteiger partial charge in [-0.3, -0.25) is 0 Å². The van der Waals surface area contributed by atoms with Crippen molar-refractivity contribution in [1.29, 1.82) is 0 Å². The highest BCUT2D eigenvalue weighted by Crippen LogP contribution is 2.12. The van der Waals surface area contributed by atoms with Gasteiger partial charge in [-0.05, 0) is 12.8 Å². The van der Waals surface area contributed by atoms with E-state index in [1.807, 2.05) is 0 Å². The van der Waals surface area contributed by atoms with Crippen LogP contribution in [0, 0.1) is 0 Å². The molecule has 138 valence electrons. The monoisotopic (exact) mass is 338 g/mol. The second kappa shape index (κ2) is 11.2. The third-order valence-corrected chi connectivity index (χ3v) is 4.62. The van der Waals surface area contributed by atoms with Crippen molar-refractivity contribution in [1.82, 2.24) is 19.6 Å². The van der Waals surface area contributed by atoms with E-state index in [1.54, 1.807) is 0 Å². The minimum absolute atomic E-state index is 0.227. The Morgan fingerprint density at radius 1 is 0.500 bits per heavy atom. The van der Waals surface area contributed by atoms with Crippen LogP contribution in [0.2, 0.25) is 0 Å². The van der Waals surface area contributed by atoms with Crippen LogP contribution >= 0.6 is 0 Å². The molecule has 0 fully saturated rings. The molecular weight excluding hydrogens is 304 g/mol. The molecule has 0 saturated carbocycles. The summed E-state index contributed by atoms with van der Waals surface area (Å²) >= 11 is 0. The van der Waals surface area contributed by atoms with E-state index in [1.165, 1.54) is 38.5 Å². The van der Waals surface area contributed by atoms with Crippen LogP contribution < -0.4 is 0 Å². The normalized spacial score (nSPS) is 16.9.